The lowest BCUT2D eigenvalue weighted by molar-refractivity contribution is -0.158. The topological polar surface area (TPSA) is 46.6 Å². The van der Waals surface area contributed by atoms with E-state index < -0.39 is 0 Å². The van der Waals surface area contributed by atoms with Gasteiger partial charge >= 0.3 is 5.97 Å². The fraction of sp³-hybridized carbons (Fsp3) is 0.889. The van der Waals surface area contributed by atoms with Crippen molar-refractivity contribution in [2.75, 3.05) is 19.7 Å². The lowest BCUT2D eigenvalue weighted by Gasteiger charge is -2.56. The van der Waals surface area contributed by atoms with E-state index in [0.717, 1.165) is 37.0 Å². The molecular weight excluding hydrogens is 278 g/mol. The molecule has 1 amide bonds. The first kappa shape index (κ1) is 15.8. The number of amides is 1. The second-order valence-corrected chi connectivity index (χ2v) is 7.64. The quantitative estimate of drug-likeness (QED) is 0.709. The SMILES string of the molecule is CCOC(=O)CCN(CC)C(=O)C12CC3CC(CC(C3)C1)C2. The molecule has 0 unspecified atom stereocenters. The van der Waals surface area contributed by atoms with Crippen LogP contribution in [0.4, 0.5) is 0 Å². The Bertz CT molecular complexity index is 410. The summed E-state index contributed by atoms with van der Waals surface area (Å²) in [5.74, 6) is 2.45. The van der Waals surface area contributed by atoms with E-state index in [9.17, 15) is 9.59 Å². The molecule has 0 atom stereocenters. The summed E-state index contributed by atoms with van der Waals surface area (Å²) in [5, 5.41) is 0. The van der Waals surface area contributed by atoms with Gasteiger partial charge in [0.25, 0.3) is 0 Å². The van der Waals surface area contributed by atoms with E-state index in [0.29, 0.717) is 32.0 Å². The Morgan fingerprint density at radius 2 is 1.59 bits per heavy atom. The molecule has 4 aliphatic carbocycles. The van der Waals surface area contributed by atoms with E-state index in [1.54, 1.807) is 0 Å². The Morgan fingerprint density at radius 3 is 2.05 bits per heavy atom. The molecule has 4 aliphatic rings. The molecule has 22 heavy (non-hydrogen) atoms. The van der Waals surface area contributed by atoms with Gasteiger partial charge in [0, 0.05) is 13.1 Å². The van der Waals surface area contributed by atoms with Crippen LogP contribution in [0.5, 0.6) is 0 Å². The van der Waals surface area contributed by atoms with Gasteiger partial charge in [-0.25, -0.2) is 0 Å². The molecule has 0 N–H and O–H groups in total. The van der Waals surface area contributed by atoms with Crippen molar-refractivity contribution in [1.82, 2.24) is 4.90 Å². The number of nitrogens with zero attached hydrogens (tertiary/aromatic N) is 1. The number of hydrogen-bond donors (Lipinski definition) is 0. The molecule has 4 saturated carbocycles. The minimum Gasteiger partial charge on any atom is -0.466 e. The van der Waals surface area contributed by atoms with Crippen LogP contribution in [-0.4, -0.2) is 36.5 Å². The number of carbonyl (C=O) groups excluding carboxylic acids is 2. The smallest absolute Gasteiger partial charge is 0.307 e. The van der Waals surface area contributed by atoms with Gasteiger partial charge in [-0.15, -0.1) is 0 Å². The normalized spacial score (nSPS) is 35.5. The fourth-order valence-electron chi connectivity index (χ4n) is 5.57. The lowest BCUT2D eigenvalue weighted by Crippen LogP contribution is -2.54. The number of ether oxygens (including phenoxy) is 1. The summed E-state index contributed by atoms with van der Waals surface area (Å²) in [6.07, 6.45) is 7.64. The highest BCUT2D eigenvalue weighted by Gasteiger charge is 2.55. The van der Waals surface area contributed by atoms with Crippen LogP contribution in [0.3, 0.4) is 0 Å². The molecule has 0 aromatic rings. The van der Waals surface area contributed by atoms with Gasteiger partial charge in [0.1, 0.15) is 0 Å². The lowest BCUT2D eigenvalue weighted by atomic mass is 9.49. The Morgan fingerprint density at radius 1 is 1.05 bits per heavy atom. The molecule has 4 bridgehead atoms. The zero-order valence-electron chi connectivity index (χ0n) is 14.0. The van der Waals surface area contributed by atoms with Gasteiger partial charge in [-0.05, 0) is 70.1 Å². The van der Waals surface area contributed by atoms with Crippen molar-refractivity contribution in [3.8, 4) is 0 Å². The van der Waals surface area contributed by atoms with E-state index >= 15 is 0 Å². The van der Waals surface area contributed by atoms with Crippen molar-refractivity contribution in [2.45, 2.75) is 58.8 Å². The second kappa shape index (κ2) is 6.21. The predicted octanol–water partition coefficient (Wildman–Crippen LogP) is 3.00. The Labute approximate surface area is 133 Å². The van der Waals surface area contributed by atoms with Crippen LogP contribution in [-0.2, 0) is 14.3 Å². The molecule has 0 aliphatic heterocycles. The average Bonchev–Trinajstić information content (AvgIpc) is 2.46. The largest absolute Gasteiger partial charge is 0.466 e. The van der Waals surface area contributed by atoms with E-state index in [2.05, 4.69) is 0 Å². The summed E-state index contributed by atoms with van der Waals surface area (Å²) >= 11 is 0. The zero-order valence-corrected chi connectivity index (χ0v) is 14.0. The Hall–Kier alpha value is -1.06. The number of hydrogen-bond acceptors (Lipinski definition) is 3. The summed E-state index contributed by atoms with van der Waals surface area (Å²) in [7, 11) is 0. The van der Waals surface area contributed by atoms with E-state index in [1.165, 1.54) is 19.3 Å². The van der Waals surface area contributed by atoms with Crippen molar-refractivity contribution >= 4 is 11.9 Å². The van der Waals surface area contributed by atoms with Crippen LogP contribution in [0.2, 0.25) is 0 Å². The number of rotatable bonds is 6. The van der Waals surface area contributed by atoms with Crippen LogP contribution < -0.4 is 0 Å². The minimum atomic E-state index is -0.195. The summed E-state index contributed by atoms with van der Waals surface area (Å²) in [6, 6.07) is 0. The monoisotopic (exact) mass is 307 g/mol. The Balaban J connectivity index is 1.65. The molecule has 0 aromatic carbocycles. The van der Waals surface area contributed by atoms with Crippen molar-refractivity contribution in [1.29, 1.82) is 0 Å². The van der Waals surface area contributed by atoms with E-state index in [-0.39, 0.29) is 11.4 Å². The molecule has 0 radical (unpaired) electrons. The van der Waals surface area contributed by atoms with Crippen LogP contribution in [0.1, 0.15) is 58.8 Å². The van der Waals surface area contributed by atoms with Gasteiger partial charge < -0.3 is 9.64 Å². The number of carbonyl (C=O) groups is 2. The van der Waals surface area contributed by atoms with Gasteiger partial charge in [-0.2, -0.15) is 0 Å². The van der Waals surface area contributed by atoms with Crippen molar-refractivity contribution in [3.63, 3.8) is 0 Å². The highest BCUT2D eigenvalue weighted by Crippen LogP contribution is 2.60. The molecule has 0 aromatic heterocycles. The van der Waals surface area contributed by atoms with Gasteiger partial charge in [0.15, 0.2) is 0 Å². The Kier molecular flexibility index (Phi) is 4.47. The third kappa shape index (κ3) is 2.89. The predicted molar refractivity (Wildman–Crippen MR) is 84.1 cm³/mol. The molecule has 4 nitrogen and oxygen atoms in total. The van der Waals surface area contributed by atoms with Crippen LogP contribution in [0, 0.1) is 23.2 Å². The van der Waals surface area contributed by atoms with Gasteiger partial charge in [0.05, 0.1) is 18.4 Å². The fourth-order valence-corrected chi connectivity index (χ4v) is 5.57. The molecule has 4 fully saturated rings. The van der Waals surface area contributed by atoms with Crippen molar-refractivity contribution < 1.29 is 14.3 Å². The first-order chi connectivity index (χ1) is 10.6. The molecule has 124 valence electrons. The first-order valence-electron chi connectivity index (χ1n) is 9.01. The highest BCUT2D eigenvalue weighted by molar-refractivity contribution is 5.83. The third-order valence-corrected chi connectivity index (χ3v) is 6.05. The third-order valence-electron chi connectivity index (χ3n) is 6.05. The number of esters is 1. The molecular formula is C18H29NO3. The maximum Gasteiger partial charge on any atom is 0.307 e. The van der Waals surface area contributed by atoms with Crippen molar-refractivity contribution in [3.05, 3.63) is 0 Å². The van der Waals surface area contributed by atoms with Crippen molar-refractivity contribution in [2.24, 2.45) is 23.2 Å². The van der Waals surface area contributed by atoms with E-state index in [4.69, 9.17) is 4.74 Å². The van der Waals surface area contributed by atoms with Crippen LogP contribution in [0.15, 0.2) is 0 Å². The highest BCUT2D eigenvalue weighted by atomic mass is 16.5. The van der Waals surface area contributed by atoms with Gasteiger partial charge in [-0.3, -0.25) is 9.59 Å². The molecule has 0 saturated heterocycles. The summed E-state index contributed by atoms with van der Waals surface area (Å²) in [5.41, 5.74) is -0.0978. The minimum absolute atomic E-state index is 0.0978. The van der Waals surface area contributed by atoms with Crippen LogP contribution in [0.25, 0.3) is 0 Å². The molecule has 4 heteroatoms. The first-order valence-corrected chi connectivity index (χ1v) is 9.01. The molecule has 0 spiro atoms. The average molecular weight is 307 g/mol. The zero-order chi connectivity index (χ0) is 15.7. The maximum atomic E-state index is 13.2. The summed E-state index contributed by atoms with van der Waals surface area (Å²) in [4.78, 5) is 26.7. The van der Waals surface area contributed by atoms with Gasteiger partial charge in [0.2, 0.25) is 5.91 Å². The standard InChI is InChI=1S/C18H29NO3/c1-3-19(6-5-16(20)22-4-2)17(21)18-10-13-7-14(11-18)9-15(8-13)12-18/h13-15H,3-12H2,1-2H3. The van der Waals surface area contributed by atoms with Crippen LogP contribution >= 0.6 is 0 Å². The van der Waals surface area contributed by atoms with Gasteiger partial charge in [-0.1, -0.05) is 0 Å². The molecule has 4 rings (SSSR count). The second-order valence-electron chi connectivity index (χ2n) is 7.64. The summed E-state index contributed by atoms with van der Waals surface area (Å²) < 4.78 is 4.99. The molecule has 0 heterocycles. The van der Waals surface area contributed by atoms with E-state index in [1.807, 2.05) is 18.7 Å². The maximum absolute atomic E-state index is 13.2. The summed E-state index contributed by atoms with van der Waals surface area (Å²) in [6.45, 7) is 5.45.